The highest BCUT2D eigenvalue weighted by Gasteiger charge is 2.36. The molecule has 0 aromatic carbocycles. The van der Waals surface area contributed by atoms with Gasteiger partial charge in [-0.05, 0) is 25.3 Å². The maximum Gasteiger partial charge on any atom is 0.311 e. The van der Waals surface area contributed by atoms with E-state index in [2.05, 4.69) is 10.3 Å². The molecule has 0 radical (unpaired) electrons. The predicted molar refractivity (Wildman–Crippen MR) is 139 cm³/mol. The van der Waals surface area contributed by atoms with Gasteiger partial charge in [-0.15, -0.1) is 0 Å². The zero-order chi connectivity index (χ0) is 27.8. The van der Waals surface area contributed by atoms with Gasteiger partial charge in [0.2, 0.25) is 11.8 Å². The van der Waals surface area contributed by atoms with Gasteiger partial charge in [0.15, 0.2) is 5.69 Å². The Bertz CT molecular complexity index is 1120. The number of allylic oxidation sites excluding steroid dienone is 2. The zero-order valence-electron chi connectivity index (χ0n) is 22.4. The van der Waals surface area contributed by atoms with Crippen LogP contribution in [0.5, 0.6) is 0 Å². The van der Waals surface area contributed by atoms with E-state index >= 15 is 0 Å². The number of oxazole rings is 1. The third-order valence-corrected chi connectivity index (χ3v) is 6.57. The predicted octanol–water partition coefficient (Wildman–Crippen LogP) is 2.39. The molecule has 1 fully saturated rings. The first kappa shape index (κ1) is 29.0. The highest BCUT2D eigenvalue weighted by molar-refractivity contribution is 5.93. The van der Waals surface area contributed by atoms with Crippen molar-refractivity contribution in [2.75, 3.05) is 19.6 Å². The molecule has 0 unspecified atom stereocenters. The molecule has 2 N–H and O–H groups in total. The number of hydrogen-bond donors (Lipinski definition) is 2. The average Bonchev–Trinajstić information content (AvgIpc) is 3.52. The van der Waals surface area contributed by atoms with E-state index in [1.54, 1.807) is 31.2 Å². The third kappa shape index (κ3) is 8.24. The molecule has 2 aliphatic rings. The Hall–Kier alpha value is -3.53. The van der Waals surface area contributed by atoms with Crippen molar-refractivity contribution in [1.82, 2.24) is 15.2 Å². The van der Waals surface area contributed by atoms with E-state index in [0.29, 0.717) is 13.0 Å². The Morgan fingerprint density at radius 1 is 1.18 bits per heavy atom. The van der Waals surface area contributed by atoms with Gasteiger partial charge in [0, 0.05) is 32.0 Å². The maximum absolute atomic E-state index is 13.0. The molecule has 0 aliphatic carbocycles. The first-order chi connectivity index (χ1) is 18.0. The first-order valence-electron chi connectivity index (χ1n) is 13.0. The van der Waals surface area contributed by atoms with E-state index in [0.717, 1.165) is 5.57 Å². The number of amides is 2. The molecular weight excluding hydrogens is 490 g/mol. The number of cyclic esters (lactones) is 1. The van der Waals surface area contributed by atoms with E-state index in [4.69, 9.17) is 9.15 Å². The summed E-state index contributed by atoms with van der Waals surface area (Å²) < 4.78 is 11.2. The summed E-state index contributed by atoms with van der Waals surface area (Å²) in [5.41, 5.74) is 0.794. The van der Waals surface area contributed by atoms with Crippen LogP contribution in [0.15, 0.2) is 46.6 Å². The van der Waals surface area contributed by atoms with E-state index in [1.807, 2.05) is 20.8 Å². The molecule has 2 amide bonds. The number of ether oxygens (including phenoxy) is 1. The maximum atomic E-state index is 13.0. The summed E-state index contributed by atoms with van der Waals surface area (Å²) in [5, 5.41) is 13.0. The lowest BCUT2D eigenvalue weighted by Gasteiger charge is -2.27. The second-order valence-electron chi connectivity index (χ2n) is 10.3. The van der Waals surface area contributed by atoms with Crippen LogP contribution in [0.4, 0.5) is 0 Å². The summed E-state index contributed by atoms with van der Waals surface area (Å²) in [7, 11) is 0. The third-order valence-electron chi connectivity index (χ3n) is 6.57. The number of rotatable bonds is 1. The molecular formula is C28H37N3O7. The molecule has 0 spiro atoms. The molecule has 4 bridgehead atoms. The molecule has 1 aromatic rings. The highest BCUT2D eigenvalue weighted by atomic mass is 16.5. The summed E-state index contributed by atoms with van der Waals surface area (Å²) in [5.74, 6) is -1.90. The van der Waals surface area contributed by atoms with E-state index in [-0.39, 0.29) is 72.9 Å². The number of aromatic nitrogens is 1. The molecule has 0 saturated carbocycles. The number of hydrogen-bond acceptors (Lipinski definition) is 8. The molecule has 38 heavy (non-hydrogen) atoms. The van der Waals surface area contributed by atoms with Crippen molar-refractivity contribution in [3.8, 4) is 0 Å². The summed E-state index contributed by atoms with van der Waals surface area (Å²) in [6.07, 6.45) is 8.13. The standard InChI is InChI=1S/C28H37N3O7/c1-17(2)26-19(4)7-8-24(34)29-10-5-6-18(3)12-21(32)13-22(33)14-25-30-23(16-37-25)27(35)31-11-9-20(15-31)28(36)38-26/h5-8,12,16-17,19-21,26,32H,9-11,13-15H2,1-4H3,(H,29,34)/b6-5?,8-7+,18-12?/t19-,20+,21-,26-/m1/s1. The minimum atomic E-state index is -0.997. The average molecular weight is 528 g/mol. The van der Waals surface area contributed by atoms with Gasteiger partial charge in [-0.25, -0.2) is 4.98 Å². The van der Waals surface area contributed by atoms with Gasteiger partial charge in [0.25, 0.3) is 5.91 Å². The molecule has 4 atom stereocenters. The number of esters is 1. The molecule has 2 aliphatic heterocycles. The van der Waals surface area contributed by atoms with Gasteiger partial charge in [-0.2, -0.15) is 0 Å². The number of aliphatic hydroxyl groups is 1. The summed E-state index contributed by atoms with van der Waals surface area (Å²) in [6.45, 7) is 8.42. The highest BCUT2D eigenvalue weighted by Crippen LogP contribution is 2.24. The van der Waals surface area contributed by atoms with Crippen molar-refractivity contribution in [3.05, 3.63) is 53.8 Å². The monoisotopic (exact) mass is 527 g/mol. The second kappa shape index (κ2) is 13.3. The first-order valence-corrected chi connectivity index (χ1v) is 13.0. The number of nitrogens with zero attached hydrogens (tertiary/aromatic N) is 2. The van der Waals surface area contributed by atoms with Crippen molar-refractivity contribution in [2.24, 2.45) is 17.8 Å². The largest absolute Gasteiger partial charge is 0.461 e. The van der Waals surface area contributed by atoms with Crippen LogP contribution in [-0.2, 0) is 25.5 Å². The Morgan fingerprint density at radius 2 is 1.95 bits per heavy atom. The zero-order valence-corrected chi connectivity index (χ0v) is 22.4. The number of nitrogens with one attached hydrogen (secondary N) is 1. The topological polar surface area (TPSA) is 139 Å². The normalized spacial score (nSPS) is 27.5. The number of fused-ring (bicyclic) bond motifs is 4. The number of ketones is 1. The van der Waals surface area contributed by atoms with Crippen LogP contribution in [-0.4, -0.2) is 70.4 Å². The van der Waals surface area contributed by atoms with Crippen LogP contribution in [0.1, 0.15) is 56.9 Å². The lowest BCUT2D eigenvalue weighted by molar-refractivity contribution is -0.157. The lowest BCUT2D eigenvalue weighted by Crippen LogP contribution is -2.34. The molecule has 3 heterocycles. The molecule has 3 rings (SSSR count). The number of Topliss-reactive ketones (excluding diaryl/α,β-unsaturated/α-hetero) is 1. The summed E-state index contributed by atoms with van der Waals surface area (Å²) in [6, 6.07) is 0. The number of carbonyl (C=O) groups is 4. The van der Waals surface area contributed by atoms with E-state index in [1.165, 1.54) is 17.2 Å². The minimum Gasteiger partial charge on any atom is -0.461 e. The number of aliphatic hydroxyl groups excluding tert-OH is 1. The van der Waals surface area contributed by atoms with Crippen LogP contribution in [0, 0.1) is 17.8 Å². The van der Waals surface area contributed by atoms with Gasteiger partial charge >= 0.3 is 5.97 Å². The van der Waals surface area contributed by atoms with Crippen molar-refractivity contribution < 1.29 is 33.4 Å². The quantitative estimate of drug-likeness (QED) is 0.531. The smallest absolute Gasteiger partial charge is 0.311 e. The van der Waals surface area contributed by atoms with E-state index < -0.39 is 18.1 Å². The Labute approximate surface area is 222 Å². The fourth-order valence-corrected chi connectivity index (χ4v) is 4.57. The second-order valence-corrected chi connectivity index (χ2v) is 10.3. The summed E-state index contributed by atoms with van der Waals surface area (Å²) in [4.78, 5) is 56.2. The Balaban J connectivity index is 1.79. The van der Waals surface area contributed by atoms with Crippen LogP contribution >= 0.6 is 0 Å². The van der Waals surface area contributed by atoms with Crippen molar-refractivity contribution >= 4 is 23.6 Å². The van der Waals surface area contributed by atoms with Crippen LogP contribution < -0.4 is 5.32 Å². The van der Waals surface area contributed by atoms with Crippen LogP contribution in [0.3, 0.4) is 0 Å². The van der Waals surface area contributed by atoms with Crippen molar-refractivity contribution in [2.45, 2.75) is 59.2 Å². The SMILES string of the molecule is CC1=C[C@@H](O)CC(=O)Cc2nc(co2)C(=O)N2CC[C@@H](C2)C(=O)O[C@H](C(C)C)[C@H](C)/C=C/C(=O)NCC=C1. The molecule has 10 heteroatoms. The summed E-state index contributed by atoms with van der Waals surface area (Å²) >= 11 is 0. The molecule has 1 saturated heterocycles. The fourth-order valence-electron chi connectivity index (χ4n) is 4.57. The van der Waals surface area contributed by atoms with Gasteiger partial charge < -0.3 is 24.5 Å². The van der Waals surface area contributed by atoms with Gasteiger partial charge in [0.05, 0.1) is 18.4 Å². The molecule has 206 valence electrons. The Morgan fingerprint density at radius 3 is 2.68 bits per heavy atom. The van der Waals surface area contributed by atoms with Gasteiger partial charge in [0.1, 0.15) is 18.2 Å². The lowest BCUT2D eigenvalue weighted by atomic mass is 9.94. The van der Waals surface area contributed by atoms with Gasteiger partial charge in [-0.3, -0.25) is 19.2 Å². The minimum absolute atomic E-state index is 0.0173. The molecule has 10 nitrogen and oxygen atoms in total. The Kier molecular flexibility index (Phi) is 10.2. The van der Waals surface area contributed by atoms with Crippen LogP contribution in [0.2, 0.25) is 0 Å². The molecule has 1 aromatic heterocycles. The van der Waals surface area contributed by atoms with Crippen LogP contribution in [0.25, 0.3) is 0 Å². The van der Waals surface area contributed by atoms with Crippen molar-refractivity contribution in [1.29, 1.82) is 0 Å². The van der Waals surface area contributed by atoms with Crippen molar-refractivity contribution in [3.63, 3.8) is 0 Å². The number of carbonyl (C=O) groups excluding carboxylic acids is 4. The van der Waals surface area contributed by atoms with Gasteiger partial charge in [-0.1, -0.05) is 50.6 Å². The van der Waals surface area contributed by atoms with E-state index in [9.17, 15) is 24.3 Å². The fraction of sp³-hybridized carbons (Fsp3) is 0.536.